The molecule has 0 unspecified atom stereocenters. The van der Waals surface area contributed by atoms with E-state index < -0.39 is 0 Å². The molecule has 1 saturated heterocycles. The van der Waals surface area contributed by atoms with E-state index in [-0.39, 0.29) is 17.8 Å². The molecule has 4 rings (SSSR count). The van der Waals surface area contributed by atoms with Crippen molar-refractivity contribution in [3.05, 3.63) is 95.6 Å². The monoisotopic (exact) mass is 447 g/mol. The molecule has 1 atom stereocenters. The summed E-state index contributed by atoms with van der Waals surface area (Å²) in [6.07, 6.45) is 3.79. The minimum Gasteiger partial charge on any atom is -0.489 e. The molecule has 33 heavy (non-hydrogen) atoms. The number of hydrogen-bond acceptors (Lipinski definition) is 4. The molecule has 1 aromatic heterocycles. The van der Waals surface area contributed by atoms with Crippen molar-refractivity contribution in [1.29, 1.82) is 0 Å². The van der Waals surface area contributed by atoms with Gasteiger partial charge in [0, 0.05) is 19.7 Å². The third-order valence-corrected chi connectivity index (χ3v) is 6.09. The Labute approximate surface area is 194 Å². The van der Waals surface area contributed by atoms with Crippen LogP contribution in [0, 0.1) is 11.7 Å². The molecule has 2 aromatic carbocycles. The molecule has 0 spiro atoms. The topological polar surface area (TPSA) is 54.5 Å². The van der Waals surface area contributed by atoms with Crippen LogP contribution >= 0.6 is 0 Å². The van der Waals surface area contributed by atoms with Crippen molar-refractivity contribution in [2.45, 2.75) is 39.0 Å². The number of likely N-dealkylation sites (tertiary alicyclic amines) is 1. The lowest BCUT2D eigenvalue weighted by Crippen LogP contribution is -2.40. The van der Waals surface area contributed by atoms with Gasteiger partial charge in [-0.05, 0) is 79.4 Å². The van der Waals surface area contributed by atoms with E-state index in [9.17, 15) is 9.18 Å². The van der Waals surface area contributed by atoms with Crippen molar-refractivity contribution >= 4 is 5.91 Å². The zero-order valence-electron chi connectivity index (χ0n) is 18.9. The number of nitrogens with zero attached hydrogens (tertiary/aromatic N) is 2. The first-order chi connectivity index (χ1) is 16.1. The fourth-order valence-corrected chi connectivity index (χ4v) is 4.40. The number of rotatable bonds is 8. The van der Waals surface area contributed by atoms with Crippen LogP contribution in [0.1, 0.15) is 42.6 Å². The van der Waals surface area contributed by atoms with E-state index in [1.165, 1.54) is 17.7 Å². The summed E-state index contributed by atoms with van der Waals surface area (Å²) < 4.78 is 19.0. The van der Waals surface area contributed by atoms with Crippen molar-refractivity contribution in [2.24, 2.45) is 5.92 Å². The first-order valence-electron chi connectivity index (χ1n) is 11.4. The van der Waals surface area contributed by atoms with E-state index in [1.54, 1.807) is 25.3 Å². The molecule has 0 aliphatic carbocycles. The van der Waals surface area contributed by atoms with Gasteiger partial charge in [-0.3, -0.25) is 14.7 Å². The molecule has 5 nitrogen and oxygen atoms in total. The predicted molar refractivity (Wildman–Crippen MR) is 126 cm³/mol. The van der Waals surface area contributed by atoms with Crippen molar-refractivity contribution in [3.8, 4) is 5.75 Å². The molecule has 6 heteroatoms. The summed E-state index contributed by atoms with van der Waals surface area (Å²) in [6.45, 7) is 4.76. The van der Waals surface area contributed by atoms with Gasteiger partial charge in [-0.25, -0.2) is 4.39 Å². The van der Waals surface area contributed by atoms with Crippen LogP contribution in [-0.4, -0.2) is 28.9 Å². The highest BCUT2D eigenvalue weighted by Crippen LogP contribution is 2.30. The van der Waals surface area contributed by atoms with Gasteiger partial charge in [-0.2, -0.15) is 0 Å². The van der Waals surface area contributed by atoms with Gasteiger partial charge in [0.15, 0.2) is 0 Å². The molecule has 2 heterocycles. The average Bonchev–Trinajstić information content (AvgIpc) is 2.83. The van der Waals surface area contributed by atoms with Crippen LogP contribution in [0.3, 0.4) is 0 Å². The van der Waals surface area contributed by atoms with E-state index in [0.29, 0.717) is 12.5 Å². The van der Waals surface area contributed by atoms with Crippen LogP contribution in [0.15, 0.2) is 72.9 Å². The SMILES string of the molecule is CC(=O)N[C@@H](c1ccccn1)C1CCN(Cc2cccc(OCc3ccc(F)cc3)c2)CC1. The molecule has 0 saturated carbocycles. The molecule has 1 N–H and O–H groups in total. The zero-order chi connectivity index (χ0) is 23.0. The summed E-state index contributed by atoms with van der Waals surface area (Å²) in [5, 5.41) is 3.11. The molecular formula is C27H30FN3O2. The molecule has 0 bridgehead atoms. The Kier molecular flexibility index (Phi) is 7.68. The Hall–Kier alpha value is -3.25. The summed E-state index contributed by atoms with van der Waals surface area (Å²) in [5.41, 5.74) is 3.07. The smallest absolute Gasteiger partial charge is 0.217 e. The maximum absolute atomic E-state index is 13.1. The first kappa shape index (κ1) is 22.9. The van der Waals surface area contributed by atoms with Gasteiger partial charge in [0.2, 0.25) is 5.91 Å². The number of hydrogen-bond donors (Lipinski definition) is 1. The molecule has 1 aliphatic rings. The maximum atomic E-state index is 13.1. The van der Waals surface area contributed by atoms with Gasteiger partial charge in [0.25, 0.3) is 0 Å². The van der Waals surface area contributed by atoms with Crippen LogP contribution in [0.4, 0.5) is 4.39 Å². The van der Waals surface area contributed by atoms with E-state index in [0.717, 1.165) is 49.5 Å². The van der Waals surface area contributed by atoms with Crippen LogP contribution in [-0.2, 0) is 17.9 Å². The normalized spacial score (nSPS) is 15.7. The molecule has 0 radical (unpaired) electrons. The number of piperidine rings is 1. The van der Waals surface area contributed by atoms with Gasteiger partial charge >= 0.3 is 0 Å². The molecule has 3 aromatic rings. The first-order valence-corrected chi connectivity index (χ1v) is 11.4. The lowest BCUT2D eigenvalue weighted by Gasteiger charge is -2.36. The van der Waals surface area contributed by atoms with Crippen LogP contribution in [0.5, 0.6) is 5.75 Å². The average molecular weight is 448 g/mol. The van der Waals surface area contributed by atoms with Gasteiger partial charge in [0.05, 0.1) is 11.7 Å². The highest BCUT2D eigenvalue weighted by Gasteiger charge is 2.29. The second-order valence-electron chi connectivity index (χ2n) is 8.61. The van der Waals surface area contributed by atoms with E-state index in [1.807, 2.05) is 30.3 Å². The van der Waals surface area contributed by atoms with E-state index in [4.69, 9.17) is 4.74 Å². The molecule has 1 aliphatic heterocycles. The fourth-order valence-electron chi connectivity index (χ4n) is 4.40. The minimum absolute atomic E-state index is 0.0227. The molecule has 172 valence electrons. The number of pyridine rings is 1. The number of nitrogens with one attached hydrogen (secondary N) is 1. The number of benzene rings is 2. The highest BCUT2D eigenvalue weighted by molar-refractivity contribution is 5.73. The molecule has 1 fully saturated rings. The minimum atomic E-state index is -0.243. The molecular weight excluding hydrogens is 417 g/mol. The highest BCUT2D eigenvalue weighted by atomic mass is 19.1. The summed E-state index contributed by atoms with van der Waals surface area (Å²) >= 11 is 0. The number of carbonyl (C=O) groups is 1. The van der Waals surface area contributed by atoms with Crippen LogP contribution in [0.2, 0.25) is 0 Å². The Balaban J connectivity index is 1.31. The number of aromatic nitrogens is 1. The van der Waals surface area contributed by atoms with Gasteiger partial charge < -0.3 is 10.1 Å². The van der Waals surface area contributed by atoms with Crippen molar-refractivity contribution in [1.82, 2.24) is 15.2 Å². The largest absolute Gasteiger partial charge is 0.489 e. The third kappa shape index (κ3) is 6.62. The summed E-state index contributed by atoms with van der Waals surface area (Å²) in [5.74, 6) is 0.913. The number of carbonyl (C=O) groups excluding carboxylic acids is 1. The Morgan fingerprint density at radius 1 is 1.09 bits per heavy atom. The fraction of sp³-hybridized carbons (Fsp3) is 0.333. The summed E-state index contributed by atoms with van der Waals surface area (Å²) in [4.78, 5) is 18.7. The van der Waals surface area contributed by atoms with Crippen molar-refractivity contribution in [2.75, 3.05) is 13.1 Å². The Morgan fingerprint density at radius 2 is 1.88 bits per heavy atom. The number of amides is 1. The number of ether oxygens (including phenoxy) is 1. The van der Waals surface area contributed by atoms with Crippen LogP contribution in [0.25, 0.3) is 0 Å². The second-order valence-corrected chi connectivity index (χ2v) is 8.61. The third-order valence-electron chi connectivity index (χ3n) is 6.09. The van der Waals surface area contributed by atoms with Gasteiger partial charge in [0.1, 0.15) is 18.2 Å². The van der Waals surface area contributed by atoms with Crippen LogP contribution < -0.4 is 10.1 Å². The lowest BCUT2D eigenvalue weighted by molar-refractivity contribution is -0.120. The van der Waals surface area contributed by atoms with Crippen molar-refractivity contribution < 1.29 is 13.9 Å². The molecule has 1 amide bonds. The summed E-state index contributed by atoms with van der Waals surface area (Å²) in [7, 11) is 0. The quantitative estimate of drug-likeness (QED) is 0.534. The van der Waals surface area contributed by atoms with E-state index >= 15 is 0 Å². The van der Waals surface area contributed by atoms with Gasteiger partial charge in [-0.15, -0.1) is 0 Å². The lowest BCUT2D eigenvalue weighted by atomic mass is 9.87. The predicted octanol–water partition coefficient (Wildman–Crippen LogP) is 4.89. The Morgan fingerprint density at radius 3 is 2.58 bits per heavy atom. The zero-order valence-corrected chi connectivity index (χ0v) is 18.9. The summed E-state index contributed by atoms with van der Waals surface area (Å²) in [6, 6.07) is 20.3. The van der Waals surface area contributed by atoms with Gasteiger partial charge in [-0.1, -0.05) is 30.3 Å². The van der Waals surface area contributed by atoms with E-state index in [2.05, 4.69) is 27.3 Å². The van der Waals surface area contributed by atoms with Crippen molar-refractivity contribution in [3.63, 3.8) is 0 Å². The maximum Gasteiger partial charge on any atom is 0.217 e. The Bertz CT molecular complexity index is 1030. The second kappa shape index (κ2) is 11.1. The standard InChI is InChI=1S/C27H30FN3O2/c1-20(32)30-27(26-7-2-3-14-29-26)23-12-15-31(16-13-23)18-22-5-4-6-25(17-22)33-19-21-8-10-24(28)11-9-21/h2-11,14,17,23,27H,12-13,15-16,18-19H2,1H3,(H,30,32)/t27-/m1/s1. The number of halogens is 1.